The Morgan fingerprint density at radius 2 is 2.21 bits per heavy atom. The highest BCUT2D eigenvalue weighted by atomic mass is 79.9. The number of benzene rings is 1. The van der Waals surface area contributed by atoms with Crippen molar-refractivity contribution < 1.29 is 4.39 Å². The van der Waals surface area contributed by atoms with Gasteiger partial charge in [-0.25, -0.2) is 4.39 Å². The van der Waals surface area contributed by atoms with E-state index >= 15 is 0 Å². The molecule has 1 atom stereocenters. The molecule has 0 aliphatic rings. The zero-order chi connectivity index (χ0) is 10.6. The van der Waals surface area contributed by atoms with E-state index in [-0.39, 0.29) is 5.82 Å². The van der Waals surface area contributed by atoms with E-state index in [4.69, 9.17) is 5.73 Å². The van der Waals surface area contributed by atoms with Crippen LogP contribution in [0.1, 0.15) is 18.9 Å². The summed E-state index contributed by atoms with van der Waals surface area (Å²) in [7, 11) is 0. The molecule has 0 saturated carbocycles. The third kappa shape index (κ3) is 3.39. The molecule has 0 radical (unpaired) electrons. The van der Waals surface area contributed by atoms with E-state index in [1.807, 2.05) is 6.07 Å². The SMILES string of the molecule is CC(CCN)Cc1cc(Br)ccc1F. The first kappa shape index (κ1) is 11.7. The molecule has 1 unspecified atom stereocenters. The van der Waals surface area contributed by atoms with Gasteiger partial charge in [-0.3, -0.25) is 0 Å². The summed E-state index contributed by atoms with van der Waals surface area (Å²) in [5.74, 6) is 0.306. The fourth-order valence-electron chi connectivity index (χ4n) is 1.46. The van der Waals surface area contributed by atoms with Gasteiger partial charge >= 0.3 is 0 Å². The van der Waals surface area contributed by atoms with Crippen LogP contribution < -0.4 is 5.73 Å². The topological polar surface area (TPSA) is 26.0 Å². The van der Waals surface area contributed by atoms with Gasteiger partial charge in [0.05, 0.1) is 0 Å². The zero-order valence-corrected chi connectivity index (χ0v) is 9.85. The van der Waals surface area contributed by atoms with Crippen molar-refractivity contribution in [2.75, 3.05) is 6.54 Å². The van der Waals surface area contributed by atoms with Crippen molar-refractivity contribution in [3.63, 3.8) is 0 Å². The van der Waals surface area contributed by atoms with Gasteiger partial charge in [0.2, 0.25) is 0 Å². The van der Waals surface area contributed by atoms with Gasteiger partial charge in [-0.2, -0.15) is 0 Å². The summed E-state index contributed by atoms with van der Waals surface area (Å²) in [6.07, 6.45) is 1.69. The number of nitrogens with two attached hydrogens (primary N) is 1. The van der Waals surface area contributed by atoms with Crippen molar-refractivity contribution in [1.29, 1.82) is 0 Å². The summed E-state index contributed by atoms with van der Waals surface area (Å²) < 4.78 is 14.2. The van der Waals surface area contributed by atoms with E-state index in [0.717, 1.165) is 22.9 Å². The Labute approximate surface area is 92.6 Å². The lowest BCUT2D eigenvalue weighted by molar-refractivity contribution is 0.516. The van der Waals surface area contributed by atoms with Gasteiger partial charge < -0.3 is 5.73 Å². The zero-order valence-electron chi connectivity index (χ0n) is 8.26. The van der Waals surface area contributed by atoms with E-state index in [9.17, 15) is 4.39 Å². The lowest BCUT2D eigenvalue weighted by Gasteiger charge is -2.10. The normalized spacial score (nSPS) is 12.9. The highest BCUT2D eigenvalue weighted by Crippen LogP contribution is 2.19. The molecule has 0 bridgehead atoms. The molecule has 0 aliphatic carbocycles. The Morgan fingerprint density at radius 3 is 2.86 bits per heavy atom. The lowest BCUT2D eigenvalue weighted by atomic mass is 9.98. The van der Waals surface area contributed by atoms with E-state index < -0.39 is 0 Å². The molecule has 0 heterocycles. The van der Waals surface area contributed by atoms with Gasteiger partial charge in [0, 0.05) is 4.47 Å². The van der Waals surface area contributed by atoms with Crippen molar-refractivity contribution in [1.82, 2.24) is 0 Å². The Morgan fingerprint density at radius 1 is 1.50 bits per heavy atom. The van der Waals surface area contributed by atoms with Crippen LogP contribution in [0.15, 0.2) is 22.7 Å². The van der Waals surface area contributed by atoms with Gasteiger partial charge in [-0.15, -0.1) is 0 Å². The third-order valence-corrected chi connectivity index (χ3v) is 2.73. The molecule has 1 rings (SSSR count). The predicted molar refractivity (Wildman–Crippen MR) is 60.6 cm³/mol. The molecular formula is C11H15BrFN. The van der Waals surface area contributed by atoms with Crippen LogP contribution in [-0.2, 0) is 6.42 Å². The molecule has 78 valence electrons. The third-order valence-electron chi connectivity index (χ3n) is 2.24. The number of rotatable bonds is 4. The Balaban J connectivity index is 2.70. The molecular weight excluding hydrogens is 245 g/mol. The van der Waals surface area contributed by atoms with Crippen LogP contribution in [0.2, 0.25) is 0 Å². The average molecular weight is 260 g/mol. The van der Waals surface area contributed by atoms with Crippen LogP contribution in [0.4, 0.5) is 4.39 Å². The fraction of sp³-hybridized carbons (Fsp3) is 0.455. The Hall–Kier alpha value is -0.410. The Kier molecular flexibility index (Phi) is 4.55. The largest absolute Gasteiger partial charge is 0.330 e. The summed E-state index contributed by atoms with van der Waals surface area (Å²) >= 11 is 3.33. The van der Waals surface area contributed by atoms with Crippen molar-refractivity contribution in [2.45, 2.75) is 19.8 Å². The number of hydrogen-bond acceptors (Lipinski definition) is 1. The van der Waals surface area contributed by atoms with E-state index in [1.54, 1.807) is 6.07 Å². The maximum atomic E-state index is 13.3. The van der Waals surface area contributed by atoms with Crippen molar-refractivity contribution in [3.05, 3.63) is 34.1 Å². The number of halogens is 2. The molecule has 0 spiro atoms. The van der Waals surface area contributed by atoms with Gasteiger partial charge in [0.25, 0.3) is 0 Å². The first-order valence-electron chi connectivity index (χ1n) is 4.77. The van der Waals surface area contributed by atoms with Crippen LogP contribution in [0, 0.1) is 11.7 Å². The first-order valence-corrected chi connectivity index (χ1v) is 5.56. The maximum Gasteiger partial charge on any atom is 0.126 e. The lowest BCUT2D eigenvalue weighted by Crippen LogP contribution is -2.08. The summed E-state index contributed by atoms with van der Waals surface area (Å²) in [5.41, 5.74) is 6.21. The second-order valence-electron chi connectivity index (χ2n) is 3.62. The fourth-order valence-corrected chi connectivity index (χ4v) is 1.87. The van der Waals surface area contributed by atoms with E-state index in [1.165, 1.54) is 6.07 Å². The molecule has 2 N–H and O–H groups in total. The predicted octanol–water partition coefficient (Wildman–Crippen LogP) is 3.12. The van der Waals surface area contributed by atoms with Crippen LogP contribution in [-0.4, -0.2) is 6.54 Å². The van der Waals surface area contributed by atoms with Crippen LogP contribution >= 0.6 is 15.9 Å². The van der Waals surface area contributed by atoms with Gasteiger partial charge in [0.15, 0.2) is 0 Å². The standard InChI is InChI=1S/C11H15BrFN/c1-8(4-5-14)6-9-7-10(12)2-3-11(9)13/h2-3,7-8H,4-6,14H2,1H3. The minimum Gasteiger partial charge on any atom is -0.330 e. The van der Waals surface area contributed by atoms with Crippen LogP contribution in [0.5, 0.6) is 0 Å². The molecule has 0 fully saturated rings. The molecule has 1 aromatic carbocycles. The smallest absolute Gasteiger partial charge is 0.126 e. The maximum absolute atomic E-state index is 13.3. The minimum absolute atomic E-state index is 0.128. The molecule has 1 nitrogen and oxygen atoms in total. The summed E-state index contributed by atoms with van der Waals surface area (Å²) in [6, 6.07) is 5.05. The quantitative estimate of drug-likeness (QED) is 0.884. The summed E-state index contributed by atoms with van der Waals surface area (Å²) in [5, 5.41) is 0. The summed E-state index contributed by atoms with van der Waals surface area (Å²) in [4.78, 5) is 0. The Bertz CT molecular complexity index is 301. The second-order valence-corrected chi connectivity index (χ2v) is 4.54. The van der Waals surface area contributed by atoms with Crippen molar-refractivity contribution in [2.24, 2.45) is 11.7 Å². The highest BCUT2D eigenvalue weighted by molar-refractivity contribution is 9.10. The monoisotopic (exact) mass is 259 g/mol. The average Bonchev–Trinajstić information content (AvgIpc) is 2.12. The molecule has 1 aromatic rings. The summed E-state index contributed by atoms with van der Waals surface area (Å²) in [6.45, 7) is 2.75. The number of hydrogen-bond donors (Lipinski definition) is 1. The highest BCUT2D eigenvalue weighted by Gasteiger charge is 2.07. The van der Waals surface area contributed by atoms with Crippen LogP contribution in [0.3, 0.4) is 0 Å². The van der Waals surface area contributed by atoms with Gasteiger partial charge in [0.1, 0.15) is 5.82 Å². The van der Waals surface area contributed by atoms with E-state index in [2.05, 4.69) is 22.9 Å². The molecule has 0 amide bonds. The minimum atomic E-state index is -0.128. The molecule has 3 heteroatoms. The molecule has 0 saturated heterocycles. The first-order chi connectivity index (χ1) is 6.63. The van der Waals surface area contributed by atoms with Crippen molar-refractivity contribution >= 4 is 15.9 Å². The van der Waals surface area contributed by atoms with Crippen LogP contribution in [0.25, 0.3) is 0 Å². The van der Waals surface area contributed by atoms with Crippen molar-refractivity contribution in [3.8, 4) is 0 Å². The molecule has 0 aliphatic heterocycles. The molecule has 14 heavy (non-hydrogen) atoms. The molecule has 0 aromatic heterocycles. The van der Waals surface area contributed by atoms with Gasteiger partial charge in [-0.1, -0.05) is 22.9 Å². The van der Waals surface area contributed by atoms with E-state index in [0.29, 0.717) is 12.5 Å². The van der Waals surface area contributed by atoms with Gasteiger partial charge in [-0.05, 0) is 49.1 Å². The second kappa shape index (κ2) is 5.47.